The van der Waals surface area contributed by atoms with E-state index in [2.05, 4.69) is 0 Å². The zero-order valence-corrected chi connectivity index (χ0v) is 9.43. The maximum atomic E-state index is 11.6. The van der Waals surface area contributed by atoms with Gasteiger partial charge in [-0.25, -0.2) is 0 Å². The number of carbonyl (C=O) groups excluding carboxylic acids is 2. The number of hydrogen-bond acceptors (Lipinski definition) is 4. The summed E-state index contributed by atoms with van der Waals surface area (Å²) >= 11 is 0. The Labute approximate surface area is 94.4 Å². The Morgan fingerprint density at radius 2 is 1.81 bits per heavy atom. The molecule has 0 bridgehead atoms. The highest BCUT2D eigenvalue weighted by Crippen LogP contribution is 2.06. The molecule has 6 nitrogen and oxygen atoms in total. The van der Waals surface area contributed by atoms with E-state index in [0.717, 1.165) is 6.42 Å². The van der Waals surface area contributed by atoms with Gasteiger partial charge in [0.15, 0.2) is 0 Å². The minimum absolute atomic E-state index is 0.00407. The number of aliphatic hydroxyl groups is 2. The molecule has 0 aromatic rings. The molecule has 92 valence electrons. The van der Waals surface area contributed by atoms with Gasteiger partial charge in [0.2, 0.25) is 11.8 Å². The number of amides is 2. The largest absolute Gasteiger partial charge is 0.394 e. The fourth-order valence-corrected chi connectivity index (χ4v) is 1.66. The van der Waals surface area contributed by atoms with Crippen molar-refractivity contribution in [2.24, 2.45) is 0 Å². The lowest BCUT2D eigenvalue weighted by Crippen LogP contribution is -2.55. The lowest BCUT2D eigenvalue weighted by atomic mass is 10.2. The van der Waals surface area contributed by atoms with E-state index < -0.39 is 12.7 Å². The van der Waals surface area contributed by atoms with E-state index >= 15 is 0 Å². The zero-order valence-electron chi connectivity index (χ0n) is 9.43. The molecule has 0 aliphatic carbocycles. The molecule has 2 N–H and O–H groups in total. The summed E-state index contributed by atoms with van der Waals surface area (Å²) in [5, 5.41) is 17.9. The molecule has 0 radical (unpaired) electrons. The van der Waals surface area contributed by atoms with Gasteiger partial charge in [-0.05, 0) is 6.42 Å². The molecule has 1 atom stereocenters. The van der Waals surface area contributed by atoms with Crippen LogP contribution in [-0.2, 0) is 9.59 Å². The lowest BCUT2D eigenvalue weighted by Gasteiger charge is -2.34. The van der Waals surface area contributed by atoms with Crippen LogP contribution in [-0.4, -0.2) is 70.7 Å². The van der Waals surface area contributed by atoms with Crippen LogP contribution in [0.1, 0.15) is 13.3 Å². The van der Waals surface area contributed by atoms with Gasteiger partial charge in [0, 0.05) is 13.1 Å². The minimum Gasteiger partial charge on any atom is -0.394 e. The molecule has 0 saturated carbocycles. The van der Waals surface area contributed by atoms with Crippen LogP contribution in [0.4, 0.5) is 0 Å². The highest BCUT2D eigenvalue weighted by Gasteiger charge is 2.30. The average molecular weight is 230 g/mol. The van der Waals surface area contributed by atoms with Crippen LogP contribution < -0.4 is 0 Å². The first-order valence-corrected chi connectivity index (χ1v) is 5.43. The smallest absolute Gasteiger partial charge is 0.242 e. The van der Waals surface area contributed by atoms with Gasteiger partial charge in [-0.2, -0.15) is 0 Å². The molecule has 0 spiro atoms. The quantitative estimate of drug-likeness (QED) is 0.597. The predicted octanol–water partition coefficient (Wildman–Crippen LogP) is -1.58. The number of carbonyl (C=O) groups is 2. The van der Waals surface area contributed by atoms with Crippen molar-refractivity contribution in [2.75, 3.05) is 32.8 Å². The maximum absolute atomic E-state index is 11.6. The third kappa shape index (κ3) is 3.18. The molecule has 16 heavy (non-hydrogen) atoms. The molecule has 0 aromatic heterocycles. The molecule has 1 aliphatic heterocycles. The van der Waals surface area contributed by atoms with Crippen LogP contribution in [0, 0.1) is 0 Å². The second-order valence-corrected chi connectivity index (χ2v) is 3.93. The molecule has 1 heterocycles. The molecular formula is C10H18N2O4. The summed E-state index contributed by atoms with van der Waals surface area (Å²) in [5.74, 6) is -0.285. The van der Waals surface area contributed by atoms with E-state index in [0.29, 0.717) is 6.54 Å². The van der Waals surface area contributed by atoms with Crippen molar-refractivity contribution in [2.45, 2.75) is 19.4 Å². The Bertz CT molecular complexity index is 270. The summed E-state index contributed by atoms with van der Waals surface area (Å²) in [6.07, 6.45) is -0.160. The molecule has 1 unspecified atom stereocenters. The number of β-amino-alcohol motifs (C(OH)–C–C–N with tert-alkyl or cyclic N) is 1. The fourth-order valence-electron chi connectivity index (χ4n) is 1.66. The Hall–Kier alpha value is -1.14. The normalized spacial score (nSPS) is 19.2. The van der Waals surface area contributed by atoms with Crippen LogP contribution >= 0.6 is 0 Å². The second kappa shape index (κ2) is 5.81. The number of piperazine rings is 1. The number of nitrogens with zero attached hydrogens (tertiary/aromatic N) is 2. The predicted molar refractivity (Wildman–Crippen MR) is 56.5 cm³/mol. The monoisotopic (exact) mass is 230 g/mol. The van der Waals surface area contributed by atoms with E-state index in [4.69, 9.17) is 5.11 Å². The summed E-state index contributed by atoms with van der Waals surface area (Å²) in [5.41, 5.74) is 0. The number of rotatable bonds is 5. The van der Waals surface area contributed by atoms with Crippen molar-refractivity contribution in [1.82, 2.24) is 9.80 Å². The third-order valence-electron chi connectivity index (χ3n) is 2.49. The van der Waals surface area contributed by atoms with Gasteiger partial charge < -0.3 is 20.0 Å². The first-order valence-electron chi connectivity index (χ1n) is 5.43. The highest BCUT2D eigenvalue weighted by molar-refractivity contribution is 5.92. The maximum Gasteiger partial charge on any atom is 0.242 e. The van der Waals surface area contributed by atoms with Gasteiger partial charge in [-0.15, -0.1) is 0 Å². The van der Waals surface area contributed by atoms with Crippen LogP contribution in [0.25, 0.3) is 0 Å². The van der Waals surface area contributed by atoms with E-state index in [1.54, 1.807) is 0 Å². The second-order valence-electron chi connectivity index (χ2n) is 3.93. The molecule has 1 saturated heterocycles. The minimum atomic E-state index is -0.977. The number of hydrogen-bond donors (Lipinski definition) is 2. The van der Waals surface area contributed by atoms with Crippen molar-refractivity contribution in [3.63, 3.8) is 0 Å². The van der Waals surface area contributed by atoms with Crippen molar-refractivity contribution in [3.8, 4) is 0 Å². The molecular weight excluding hydrogens is 212 g/mol. The molecule has 1 rings (SSSR count). The summed E-state index contributed by atoms with van der Waals surface area (Å²) in [6, 6.07) is 0. The van der Waals surface area contributed by atoms with E-state index in [1.165, 1.54) is 9.80 Å². The van der Waals surface area contributed by atoms with Gasteiger partial charge in [-0.1, -0.05) is 6.92 Å². The van der Waals surface area contributed by atoms with Gasteiger partial charge in [0.05, 0.1) is 25.8 Å². The topological polar surface area (TPSA) is 81.1 Å². The first kappa shape index (κ1) is 12.9. The number of aliphatic hydroxyl groups excluding tert-OH is 2. The molecule has 1 aliphatic rings. The van der Waals surface area contributed by atoms with Gasteiger partial charge >= 0.3 is 0 Å². The lowest BCUT2D eigenvalue weighted by molar-refractivity contribution is -0.151. The molecule has 1 fully saturated rings. The molecule has 0 aromatic carbocycles. The summed E-state index contributed by atoms with van der Waals surface area (Å²) < 4.78 is 0. The molecule has 2 amide bonds. The third-order valence-corrected chi connectivity index (χ3v) is 2.49. The van der Waals surface area contributed by atoms with Crippen LogP contribution in [0.15, 0.2) is 0 Å². The van der Waals surface area contributed by atoms with Crippen LogP contribution in [0.3, 0.4) is 0 Å². The Kier molecular flexibility index (Phi) is 4.70. The SMILES string of the molecule is CCCN1CC(=O)N(CC(O)CO)CC1=O. The van der Waals surface area contributed by atoms with Crippen molar-refractivity contribution in [1.29, 1.82) is 0 Å². The summed E-state index contributed by atoms with van der Waals surface area (Å²) in [6.45, 7) is 2.21. The Balaban J connectivity index is 2.53. The van der Waals surface area contributed by atoms with Gasteiger partial charge in [0.1, 0.15) is 0 Å². The van der Waals surface area contributed by atoms with Gasteiger partial charge in [0.25, 0.3) is 0 Å². The Morgan fingerprint density at radius 1 is 1.25 bits per heavy atom. The summed E-state index contributed by atoms with van der Waals surface area (Å²) in [4.78, 5) is 26.0. The molecule has 6 heteroatoms. The fraction of sp³-hybridized carbons (Fsp3) is 0.800. The first-order chi connectivity index (χ1) is 7.58. The average Bonchev–Trinajstić information content (AvgIpc) is 2.25. The van der Waals surface area contributed by atoms with Crippen LogP contribution in [0.5, 0.6) is 0 Å². The van der Waals surface area contributed by atoms with Crippen LogP contribution in [0.2, 0.25) is 0 Å². The van der Waals surface area contributed by atoms with E-state index in [9.17, 15) is 14.7 Å². The zero-order chi connectivity index (χ0) is 12.1. The van der Waals surface area contributed by atoms with Gasteiger partial charge in [-0.3, -0.25) is 9.59 Å². The highest BCUT2D eigenvalue weighted by atomic mass is 16.3. The van der Waals surface area contributed by atoms with Crippen molar-refractivity contribution < 1.29 is 19.8 Å². The van der Waals surface area contributed by atoms with Crippen molar-refractivity contribution in [3.05, 3.63) is 0 Å². The Morgan fingerprint density at radius 3 is 2.38 bits per heavy atom. The summed E-state index contributed by atoms with van der Waals surface area (Å²) in [7, 11) is 0. The standard InChI is InChI=1S/C10H18N2O4/c1-2-3-11-5-10(16)12(6-9(11)15)4-8(14)7-13/h8,13-14H,2-7H2,1H3. The van der Waals surface area contributed by atoms with E-state index in [-0.39, 0.29) is 31.4 Å². The van der Waals surface area contributed by atoms with E-state index in [1.807, 2.05) is 6.92 Å². The van der Waals surface area contributed by atoms with Crippen molar-refractivity contribution >= 4 is 11.8 Å².